The van der Waals surface area contributed by atoms with Gasteiger partial charge in [-0.1, -0.05) is 44.0 Å². The SMILES string of the molecule is CCC(C)NS(=O)(=O)c1cc(CNC(C)C)c(Cl)cc1Cl. The van der Waals surface area contributed by atoms with E-state index in [9.17, 15) is 8.42 Å². The molecule has 1 unspecified atom stereocenters. The molecule has 21 heavy (non-hydrogen) atoms. The van der Waals surface area contributed by atoms with Crippen LogP contribution in [0.15, 0.2) is 17.0 Å². The Labute approximate surface area is 137 Å². The molecule has 120 valence electrons. The maximum absolute atomic E-state index is 12.4. The minimum absolute atomic E-state index is 0.0643. The lowest BCUT2D eigenvalue weighted by Gasteiger charge is -2.16. The molecule has 0 aromatic heterocycles. The van der Waals surface area contributed by atoms with E-state index in [1.54, 1.807) is 0 Å². The lowest BCUT2D eigenvalue weighted by Crippen LogP contribution is -2.32. The topological polar surface area (TPSA) is 58.2 Å². The largest absolute Gasteiger partial charge is 0.310 e. The van der Waals surface area contributed by atoms with Crippen molar-refractivity contribution in [2.45, 2.75) is 57.6 Å². The van der Waals surface area contributed by atoms with E-state index in [0.29, 0.717) is 23.6 Å². The monoisotopic (exact) mass is 352 g/mol. The number of benzene rings is 1. The molecule has 0 aliphatic rings. The van der Waals surface area contributed by atoms with Gasteiger partial charge in [-0.25, -0.2) is 13.1 Å². The normalized spacial score (nSPS) is 13.7. The highest BCUT2D eigenvalue weighted by Crippen LogP contribution is 2.29. The number of hydrogen-bond donors (Lipinski definition) is 2. The molecule has 0 radical (unpaired) electrons. The van der Waals surface area contributed by atoms with Gasteiger partial charge in [0, 0.05) is 23.7 Å². The van der Waals surface area contributed by atoms with Gasteiger partial charge in [0.05, 0.1) is 5.02 Å². The zero-order chi connectivity index (χ0) is 16.2. The van der Waals surface area contributed by atoms with Crippen molar-refractivity contribution in [2.75, 3.05) is 0 Å². The van der Waals surface area contributed by atoms with Gasteiger partial charge in [0.1, 0.15) is 4.90 Å². The first kappa shape index (κ1) is 18.7. The van der Waals surface area contributed by atoms with Crippen molar-refractivity contribution in [1.82, 2.24) is 10.0 Å². The third-order valence-corrected chi connectivity index (χ3v) is 5.47. The van der Waals surface area contributed by atoms with Gasteiger partial charge in [-0.3, -0.25) is 0 Å². The summed E-state index contributed by atoms with van der Waals surface area (Å²) in [6, 6.07) is 3.13. The van der Waals surface area contributed by atoms with Crippen molar-refractivity contribution >= 4 is 33.2 Å². The van der Waals surface area contributed by atoms with Crippen molar-refractivity contribution in [2.24, 2.45) is 0 Å². The van der Waals surface area contributed by atoms with Gasteiger partial charge in [0.15, 0.2) is 0 Å². The minimum Gasteiger partial charge on any atom is -0.310 e. The Hall–Kier alpha value is -0.330. The molecule has 1 atom stereocenters. The Balaban J connectivity index is 3.15. The van der Waals surface area contributed by atoms with Gasteiger partial charge in [0.25, 0.3) is 0 Å². The van der Waals surface area contributed by atoms with E-state index < -0.39 is 10.0 Å². The lowest BCUT2D eigenvalue weighted by atomic mass is 10.2. The Kier molecular flexibility index (Phi) is 6.94. The van der Waals surface area contributed by atoms with Gasteiger partial charge < -0.3 is 5.32 Å². The summed E-state index contributed by atoms with van der Waals surface area (Å²) in [7, 11) is -3.65. The molecule has 0 heterocycles. The molecule has 2 N–H and O–H groups in total. The first-order chi connectivity index (χ1) is 9.67. The molecule has 7 heteroatoms. The standard InChI is InChI=1S/C14H22Cl2N2O2S/c1-5-10(4)18-21(19,20)14-6-11(8-17-9(2)3)12(15)7-13(14)16/h6-7,9-10,17-18H,5,8H2,1-4H3. The summed E-state index contributed by atoms with van der Waals surface area (Å²) in [6.07, 6.45) is 0.701. The average molecular weight is 353 g/mol. The third-order valence-electron chi connectivity index (χ3n) is 3.06. The van der Waals surface area contributed by atoms with Crippen molar-refractivity contribution in [3.63, 3.8) is 0 Å². The van der Waals surface area contributed by atoms with E-state index in [-0.39, 0.29) is 22.0 Å². The second kappa shape index (κ2) is 7.79. The second-order valence-electron chi connectivity index (χ2n) is 5.34. The maximum atomic E-state index is 12.4. The molecular weight excluding hydrogens is 331 g/mol. The van der Waals surface area contributed by atoms with Gasteiger partial charge in [-0.2, -0.15) is 0 Å². The summed E-state index contributed by atoms with van der Waals surface area (Å²) in [5, 5.41) is 3.79. The van der Waals surface area contributed by atoms with Gasteiger partial charge in [-0.15, -0.1) is 0 Å². The number of sulfonamides is 1. The van der Waals surface area contributed by atoms with Crippen molar-refractivity contribution in [1.29, 1.82) is 0 Å². The van der Waals surface area contributed by atoms with Crippen LogP contribution in [0.5, 0.6) is 0 Å². The van der Waals surface area contributed by atoms with E-state index in [0.717, 1.165) is 0 Å². The molecule has 0 aliphatic heterocycles. The van der Waals surface area contributed by atoms with Crippen LogP contribution in [0.25, 0.3) is 0 Å². The van der Waals surface area contributed by atoms with Gasteiger partial charge in [-0.05, 0) is 31.0 Å². The van der Waals surface area contributed by atoms with Crippen LogP contribution in [0, 0.1) is 0 Å². The van der Waals surface area contributed by atoms with Crippen LogP contribution in [-0.4, -0.2) is 20.5 Å². The van der Waals surface area contributed by atoms with Crippen molar-refractivity contribution < 1.29 is 8.42 Å². The highest BCUT2D eigenvalue weighted by Gasteiger charge is 2.21. The summed E-state index contributed by atoms with van der Waals surface area (Å²) in [6.45, 7) is 8.22. The molecule has 0 spiro atoms. The predicted octanol–water partition coefficient (Wildman–Crippen LogP) is 3.57. The Bertz CT molecular complexity index is 589. The molecule has 0 saturated carbocycles. The molecule has 0 aliphatic carbocycles. The second-order valence-corrected chi connectivity index (χ2v) is 7.84. The van der Waals surface area contributed by atoms with Gasteiger partial charge in [0.2, 0.25) is 10.0 Å². The van der Waals surface area contributed by atoms with Crippen LogP contribution in [-0.2, 0) is 16.6 Å². The number of halogens is 2. The maximum Gasteiger partial charge on any atom is 0.242 e. The van der Waals surface area contributed by atoms with Crippen molar-refractivity contribution in [3.05, 3.63) is 27.7 Å². The van der Waals surface area contributed by atoms with Crippen LogP contribution in [0.2, 0.25) is 10.0 Å². The highest BCUT2D eigenvalue weighted by molar-refractivity contribution is 7.89. The zero-order valence-electron chi connectivity index (χ0n) is 12.7. The fourth-order valence-corrected chi connectivity index (χ4v) is 3.83. The van der Waals surface area contributed by atoms with E-state index in [1.807, 2.05) is 27.7 Å². The molecule has 0 saturated heterocycles. The fraction of sp³-hybridized carbons (Fsp3) is 0.571. The first-order valence-corrected chi connectivity index (χ1v) is 9.15. The predicted molar refractivity (Wildman–Crippen MR) is 88.5 cm³/mol. The number of nitrogens with one attached hydrogen (secondary N) is 2. The first-order valence-electron chi connectivity index (χ1n) is 6.91. The van der Waals surface area contributed by atoms with Crippen LogP contribution >= 0.6 is 23.2 Å². The molecule has 0 amide bonds. The third kappa shape index (κ3) is 5.42. The molecular formula is C14H22Cl2N2O2S. The molecule has 1 aromatic rings. The van der Waals surface area contributed by atoms with Crippen LogP contribution in [0.4, 0.5) is 0 Å². The molecule has 0 bridgehead atoms. The Morgan fingerprint density at radius 2 is 1.76 bits per heavy atom. The summed E-state index contributed by atoms with van der Waals surface area (Å²) in [5.74, 6) is 0. The lowest BCUT2D eigenvalue weighted by molar-refractivity contribution is 0.555. The average Bonchev–Trinajstić information content (AvgIpc) is 2.36. The summed E-state index contributed by atoms with van der Waals surface area (Å²) >= 11 is 12.2. The van der Waals surface area contributed by atoms with Crippen LogP contribution in [0.1, 0.15) is 39.7 Å². The van der Waals surface area contributed by atoms with Crippen LogP contribution in [0.3, 0.4) is 0 Å². The van der Waals surface area contributed by atoms with E-state index in [1.165, 1.54) is 12.1 Å². The van der Waals surface area contributed by atoms with E-state index in [4.69, 9.17) is 23.2 Å². The molecule has 1 aromatic carbocycles. The Morgan fingerprint density at radius 1 is 1.14 bits per heavy atom. The highest BCUT2D eigenvalue weighted by atomic mass is 35.5. The minimum atomic E-state index is -3.65. The number of hydrogen-bond acceptors (Lipinski definition) is 3. The fourth-order valence-electron chi connectivity index (χ4n) is 1.64. The van der Waals surface area contributed by atoms with Gasteiger partial charge >= 0.3 is 0 Å². The molecule has 1 rings (SSSR count). The molecule has 0 fully saturated rings. The molecule has 4 nitrogen and oxygen atoms in total. The summed E-state index contributed by atoms with van der Waals surface area (Å²) < 4.78 is 27.3. The van der Waals surface area contributed by atoms with E-state index >= 15 is 0 Å². The summed E-state index contributed by atoms with van der Waals surface area (Å²) in [4.78, 5) is 0.0643. The van der Waals surface area contributed by atoms with Crippen molar-refractivity contribution in [3.8, 4) is 0 Å². The van der Waals surface area contributed by atoms with E-state index in [2.05, 4.69) is 10.0 Å². The zero-order valence-corrected chi connectivity index (χ0v) is 15.0. The van der Waals surface area contributed by atoms with Crippen LogP contribution < -0.4 is 10.0 Å². The summed E-state index contributed by atoms with van der Waals surface area (Å²) in [5.41, 5.74) is 0.708. The Morgan fingerprint density at radius 3 is 2.29 bits per heavy atom. The smallest absolute Gasteiger partial charge is 0.242 e. The quantitative estimate of drug-likeness (QED) is 0.788. The number of rotatable bonds is 7.